The van der Waals surface area contributed by atoms with Crippen LogP contribution in [0.15, 0.2) is 34.4 Å². The molecule has 9 heteroatoms. The molecule has 0 aliphatic heterocycles. The number of benzene rings is 1. The van der Waals surface area contributed by atoms with Crippen molar-refractivity contribution in [3.8, 4) is 11.8 Å². The van der Waals surface area contributed by atoms with Gasteiger partial charge in [0, 0.05) is 10.7 Å². The molecule has 3 rings (SSSR count). The van der Waals surface area contributed by atoms with Gasteiger partial charge < -0.3 is 0 Å². The maximum absolute atomic E-state index is 9.59. The average molecular weight is 414 g/mol. The van der Waals surface area contributed by atoms with Crippen LogP contribution >= 0.6 is 23.4 Å². The first-order valence-corrected chi connectivity index (χ1v) is 9.82. The number of nitrogens with zero attached hydrogens (tertiary/aromatic N) is 7. The molecule has 0 saturated heterocycles. The molecule has 1 aromatic carbocycles. The highest BCUT2D eigenvalue weighted by atomic mass is 35.5. The van der Waals surface area contributed by atoms with Crippen molar-refractivity contribution in [2.45, 2.75) is 37.0 Å². The Hall–Kier alpha value is -2.47. The molecule has 7 nitrogen and oxygen atoms in total. The van der Waals surface area contributed by atoms with Gasteiger partial charge in [0.1, 0.15) is 11.1 Å². The van der Waals surface area contributed by atoms with Gasteiger partial charge in [0.2, 0.25) is 5.16 Å². The summed E-state index contributed by atoms with van der Waals surface area (Å²) in [4.78, 5) is 2.06. The first-order valence-electron chi connectivity index (χ1n) is 8.63. The molecule has 0 aliphatic rings. The van der Waals surface area contributed by atoms with E-state index in [1.807, 2.05) is 56.8 Å². The molecule has 0 amide bonds. The molecule has 0 spiro atoms. The highest BCUT2D eigenvalue weighted by Gasteiger charge is 2.23. The Morgan fingerprint density at radius 3 is 2.39 bits per heavy atom. The molecule has 2 aromatic heterocycles. The van der Waals surface area contributed by atoms with Gasteiger partial charge in [-0.3, -0.25) is 9.47 Å². The minimum Gasteiger partial charge on any atom is -0.300 e. The lowest BCUT2D eigenvalue weighted by molar-refractivity contribution is 0.305. The van der Waals surface area contributed by atoms with Crippen molar-refractivity contribution in [3.05, 3.63) is 51.9 Å². The summed E-state index contributed by atoms with van der Waals surface area (Å²) in [6.07, 6.45) is 0. The van der Waals surface area contributed by atoms with Crippen LogP contribution in [0, 0.1) is 25.2 Å². The van der Waals surface area contributed by atoms with Crippen molar-refractivity contribution in [1.82, 2.24) is 29.9 Å². The summed E-state index contributed by atoms with van der Waals surface area (Å²) in [5, 5.41) is 28.5. The lowest BCUT2D eigenvalue weighted by atomic mass is 10.1. The van der Waals surface area contributed by atoms with Crippen LogP contribution in [0.5, 0.6) is 0 Å². The monoisotopic (exact) mass is 413 g/mol. The largest absolute Gasteiger partial charge is 0.300 e. The Kier molecular flexibility index (Phi) is 5.98. The van der Waals surface area contributed by atoms with Crippen molar-refractivity contribution in [2.75, 3.05) is 14.1 Å². The van der Waals surface area contributed by atoms with Crippen LogP contribution in [0.4, 0.5) is 0 Å². The van der Waals surface area contributed by atoms with Gasteiger partial charge in [-0.25, -0.2) is 0 Å². The summed E-state index contributed by atoms with van der Waals surface area (Å²) >= 11 is 7.34. The van der Waals surface area contributed by atoms with Gasteiger partial charge in [-0.1, -0.05) is 11.6 Å². The zero-order valence-corrected chi connectivity index (χ0v) is 17.9. The molecule has 0 aliphatic carbocycles. The van der Waals surface area contributed by atoms with E-state index in [1.165, 1.54) is 11.8 Å². The molecular weight excluding hydrogens is 394 g/mol. The third-order valence-corrected chi connectivity index (χ3v) is 5.79. The van der Waals surface area contributed by atoms with Crippen molar-refractivity contribution >= 4 is 23.4 Å². The summed E-state index contributed by atoms with van der Waals surface area (Å²) in [5.74, 6) is 0.783. The molecule has 1 atom stereocenters. The van der Waals surface area contributed by atoms with Gasteiger partial charge >= 0.3 is 0 Å². The Morgan fingerprint density at radius 2 is 1.79 bits per heavy atom. The molecule has 0 bridgehead atoms. The number of hydrogen-bond donors (Lipinski definition) is 0. The van der Waals surface area contributed by atoms with E-state index >= 15 is 0 Å². The predicted molar refractivity (Wildman–Crippen MR) is 109 cm³/mol. The first kappa shape index (κ1) is 20.3. The fourth-order valence-electron chi connectivity index (χ4n) is 2.56. The Morgan fingerprint density at radius 1 is 1.11 bits per heavy atom. The lowest BCUT2D eigenvalue weighted by Crippen LogP contribution is -2.20. The normalized spacial score (nSPS) is 12.2. The quantitative estimate of drug-likeness (QED) is 0.625. The zero-order chi connectivity index (χ0) is 20.4. The average Bonchev–Trinajstić information content (AvgIpc) is 3.08. The summed E-state index contributed by atoms with van der Waals surface area (Å²) in [7, 11) is 3.97. The summed E-state index contributed by atoms with van der Waals surface area (Å²) in [6.45, 7) is 5.77. The maximum atomic E-state index is 9.59. The molecule has 28 heavy (non-hydrogen) atoms. The standard InChI is InChI=1S/C19H20ClN7S/c1-11-12(2)22-24-18(16(11)10-21)28-19-25-23-17(13(3)26(4)5)27(19)15-8-6-14(20)7-9-15/h6-9,13H,1-5H3/t13-/m1/s1. The van der Waals surface area contributed by atoms with Crippen molar-refractivity contribution < 1.29 is 0 Å². The number of aromatic nitrogens is 5. The van der Waals surface area contributed by atoms with Crippen molar-refractivity contribution in [1.29, 1.82) is 5.26 Å². The number of aryl methyl sites for hydroxylation is 1. The van der Waals surface area contributed by atoms with E-state index in [9.17, 15) is 5.26 Å². The minimum absolute atomic E-state index is 0.0267. The predicted octanol–water partition coefficient (Wildman–Crippen LogP) is 3.97. The highest BCUT2D eigenvalue weighted by Crippen LogP contribution is 2.33. The molecular formula is C19H20ClN7S. The fourth-order valence-corrected chi connectivity index (χ4v) is 3.61. The topological polar surface area (TPSA) is 83.5 Å². The van der Waals surface area contributed by atoms with E-state index in [0.29, 0.717) is 20.8 Å². The summed E-state index contributed by atoms with van der Waals surface area (Å²) < 4.78 is 1.96. The fraction of sp³-hybridized carbons (Fsp3) is 0.316. The summed E-state index contributed by atoms with van der Waals surface area (Å²) in [6, 6.07) is 9.74. The second-order valence-electron chi connectivity index (χ2n) is 6.60. The molecule has 0 N–H and O–H groups in total. The third-order valence-electron chi connectivity index (χ3n) is 4.61. The Balaban J connectivity index is 2.14. The molecule has 144 valence electrons. The van der Waals surface area contributed by atoms with Crippen LogP contribution in [0.25, 0.3) is 5.69 Å². The van der Waals surface area contributed by atoms with E-state index in [-0.39, 0.29) is 6.04 Å². The van der Waals surface area contributed by atoms with Crippen LogP contribution < -0.4 is 0 Å². The van der Waals surface area contributed by atoms with Gasteiger partial charge in [-0.15, -0.1) is 15.3 Å². The lowest BCUT2D eigenvalue weighted by Gasteiger charge is -2.20. The SMILES string of the molecule is Cc1nnc(Sc2nnc([C@@H](C)N(C)C)n2-c2ccc(Cl)cc2)c(C#N)c1C. The van der Waals surface area contributed by atoms with Crippen LogP contribution in [-0.4, -0.2) is 44.0 Å². The molecule has 0 fully saturated rings. The molecule has 0 radical (unpaired) electrons. The van der Waals surface area contributed by atoms with Gasteiger partial charge in [0.05, 0.1) is 17.3 Å². The molecule has 2 heterocycles. The van der Waals surface area contributed by atoms with E-state index in [4.69, 9.17) is 11.6 Å². The number of nitriles is 1. The Bertz CT molecular complexity index is 1040. The van der Waals surface area contributed by atoms with Crippen molar-refractivity contribution in [2.24, 2.45) is 0 Å². The van der Waals surface area contributed by atoms with E-state index in [0.717, 1.165) is 22.8 Å². The minimum atomic E-state index is 0.0267. The molecule has 3 aromatic rings. The molecule has 0 unspecified atom stereocenters. The van der Waals surface area contributed by atoms with Gasteiger partial charge in [-0.05, 0) is 76.5 Å². The van der Waals surface area contributed by atoms with E-state index in [2.05, 4.69) is 38.3 Å². The van der Waals surface area contributed by atoms with Crippen molar-refractivity contribution in [3.63, 3.8) is 0 Å². The van der Waals surface area contributed by atoms with Crippen LogP contribution in [0.2, 0.25) is 5.02 Å². The summed E-state index contributed by atoms with van der Waals surface area (Å²) in [5.41, 5.74) is 2.95. The van der Waals surface area contributed by atoms with Gasteiger partial charge in [0.25, 0.3) is 0 Å². The van der Waals surface area contributed by atoms with Crippen LogP contribution in [-0.2, 0) is 0 Å². The highest BCUT2D eigenvalue weighted by molar-refractivity contribution is 7.99. The number of hydrogen-bond acceptors (Lipinski definition) is 7. The van der Waals surface area contributed by atoms with E-state index < -0.39 is 0 Å². The van der Waals surface area contributed by atoms with Crippen LogP contribution in [0.1, 0.15) is 35.6 Å². The second kappa shape index (κ2) is 8.27. The third kappa shape index (κ3) is 3.87. The maximum Gasteiger partial charge on any atom is 0.202 e. The Labute approximate surface area is 173 Å². The van der Waals surface area contributed by atoms with Gasteiger partial charge in [0.15, 0.2) is 5.82 Å². The zero-order valence-electron chi connectivity index (χ0n) is 16.3. The smallest absolute Gasteiger partial charge is 0.202 e. The molecule has 0 saturated carbocycles. The van der Waals surface area contributed by atoms with E-state index in [1.54, 1.807) is 0 Å². The first-order chi connectivity index (χ1) is 13.3. The van der Waals surface area contributed by atoms with Gasteiger partial charge in [-0.2, -0.15) is 10.4 Å². The number of rotatable bonds is 5. The second-order valence-corrected chi connectivity index (χ2v) is 7.99. The van der Waals surface area contributed by atoms with Crippen LogP contribution in [0.3, 0.4) is 0 Å². The number of halogens is 1.